The van der Waals surface area contributed by atoms with Crippen molar-refractivity contribution in [2.75, 3.05) is 13.1 Å². The number of aromatic nitrogens is 2. The molecule has 4 aliphatic rings. The van der Waals surface area contributed by atoms with Gasteiger partial charge in [0.1, 0.15) is 17.9 Å². The van der Waals surface area contributed by atoms with Gasteiger partial charge in [-0.05, 0) is 61.1 Å². The van der Waals surface area contributed by atoms with E-state index in [2.05, 4.69) is 47.9 Å². The summed E-state index contributed by atoms with van der Waals surface area (Å²) in [5.74, 6) is -0.0266. The molecule has 1 aromatic carbocycles. The van der Waals surface area contributed by atoms with E-state index in [0.717, 1.165) is 25.3 Å². The Morgan fingerprint density at radius 3 is 2.29 bits per heavy atom. The van der Waals surface area contributed by atoms with E-state index in [1.165, 1.54) is 63.4 Å². The molecule has 6 rings (SSSR count). The predicted molar refractivity (Wildman–Crippen MR) is 158 cm³/mol. The lowest BCUT2D eigenvalue weighted by molar-refractivity contribution is -0.138. The van der Waals surface area contributed by atoms with Crippen LogP contribution in [0.1, 0.15) is 95.0 Å². The second-order valence-electron chi connectivity index (χ2n) is 13.9. The molecule has 3 aliphatic carbocycles. The molecule has 1 spiro atoms. The van der Waals surface area contributed by atoms with Crippen molar-refractivity contribution in [2.45, 2.75) is 97.2 Å². The Bertz CT molecular complexity index is 1270. The number of phenols is 1. The van der Waals surface area contributed by atoms with Crippen LogP contribution >= 0.6 is 11.6 Å². The van der Waals surface area contributed by atoms with Crippen LogP contribution in [0.15, 0.2) is 30.6 Å². The number of rotatable bonds is 5. The highest BCUT2D eigenvalue weighted by Crippen LogP contribution is 2.54. The van der Waals surface area contributed by atoms with E-state index in [9.17, 15) is 4.79 Å². The molecule has 1 aliphatic heterocycles. The molecule has 41 heavy (non-hydrogen) atoms. The van der Waals surface area contributed by atoms with Crippen molar-refractivity contribution in [3.05, 3.63) is 46.7 Å². The van der Waals surface area contributed by atoms with Crippen molar-refractivity contribution in [2.24, 2.45) is 16.2 Å². The number of nitriles is 1. The summed E-state index contributed by atoms with van der Waals surface area (Å²) in [6.07, 6.45) is 13.7. The van der Waals surface area contributed by atoms with Crippen LogP contribution in [0.3, 0.4) is 0 Å². The molecular weight excluding hydrogens is 538 g/mol. The Balaban J connectivity index is 0.000000287. The van der Waals surface area contributed by atoms with Crippen molar-refractivity contribution in [3.63, 3.8) is 0 Å². The highest BCUT2D eigenvalue weighted by Gasteiger charge is 2.55. The van der Waals surface area contributed by atoms with E-state index in [-0.39, 0.29) is 39.7 Å². The van der Waals surface area contributed by atoms with Gasteiger partial charge in [-0.25, -0.2) is 9.97 Å². The van der Waals surface area contributed by atoms with Gasteiger partial charge in [-0.2, -0.15) is 5.26 Å². The number of hydrogen-bond donors (Lipinski definition) is 2. The number of amides is 1. The highest BCUT2D eigenvalue weighted by atomic mass is 35.5. The molecule has 9 heteroatoms. The second-order valence-corrected chi connectivity index (χ2v) is 14.3. The van der Waals surface area contributed by atoms with Crippen LogP contribution in [0.4, 0.5) is 0 Å². The molecule has 1 saturated heterocycles. The minimum atomic E-state index is -0.0998. The maximum absolute atomic E-state index is 12.7. The van der Waals surface area contributed by atoms with Crippen LogP contribution in [0.5, 0.6) is 11.8 Å². The maximum atomic E-state index is 12.7. The number of nitrogens with zero attached hydrogens (tertiary/aromatic N) is 4. The Labute approximate surface area is 248 Å². The van der Waals surface area contributed by atoms with Gasteiger partial charge in [0.05, 0.1) is 16.1 Å². The third-order valence-electron chi connectivity index (χ3n) is 9.47. The van der Waals surface area contributed by atoms with Crippen molar-refractivity contribution in [1.82, 2.24) is 20.2 Å². The number of hydrogen-bond acceptors (Lipinski definition) is 7. The molecule has 0 radical (unpaired) electrons. The Morgan fingerprint density at radius 1 is 1.10 bits per heavy atom. The number of benzene rings is 1. The van der Waals surface area contributed by atoms with Crippen LogP contribution < -0.4 is 10.1 Å². The van der Waals surface area contributed by atoms with Crippen LogP contribution in [-0.2, 0) is 0 Å². The van der Waals surface area contributed by atoms with Crippen LogP contribution in [-0.4, -0.2) is 57.2 Å². The summed E-state index contributed by atoms with van der Waals surface area (Å²) in [5, 5.41) is 20.7. The average molecular weight is 580 g/mol. The molecule has 2 heterocycles. The molecule has 1 amide bonds. The minimum Gasteiger partial charge on any atom is -0.508 e. The van der Waals surface area contributed by atoms with Gasteiger partial charge in [0.25, 0.3) is 5.91 Å². The summed E-state index contributed by atoms with van der Waals surface area (Å²) in [5.41, 5.74) is 1.59. The number of likely N-dealkylation sites (tertiary alicyclic amines) is 1. The summed E-state index contributed by atoms with van der Waals surface area (Å²) in [7, 11) is 0. The first kappa shape index (κ1) is 29.6. The zero-order chi connectivity index (χ0) is 29.4. The van der Waals surface area contributed by atoms with E-state index >= 15 is 0 Å². The predicted octanol–water partition coefficient (Wildman–Crippen LogP) is 6.12. The van der Waals surface area contributed by atoms with Crippen molar-refractivity contribution >= 4 is 17.5 Å². The Kier molecular flexibility index (Phi) is 8.24. The Hall–Kier alpha value is -2.89. The molecule has 2 N–H and O–H groups in total. The first-order valence-corrected chi connectivity index (χ1v) is 15.2. The quantitative estimate of drug-likeness (QED) is 0.438. The SMILES string of the molecule is CC1(C)CC(C)(C)C1NC(=O)c1cnc(OC2CC3(C2)CN(C2CCCCC2)C3)nc1.N#Cc1ccc(O)cc1Cl. The highest BCUT2D eigenvalue weighted by molar-refractivity contribution is 6.31. The third-order valence-corrected chi connectivity index (χ3v) is 9.79. The number of phenolic OH excluding ortho intramolecular Hbond substituents is 1. The van der Waals surface area contributed by atoms with E-state index < -0.39 is 0 Å². The maximum Gasteiger partial charge on any atom is 0.316 e. The average Bonchev–Trinajstić information content (AvgIpc) is 2.88. The lowest BCUT2D eigenvalue weighted by atomic mass is 9.52. The topological polar surface area (TPSA) is 111 Å². The molecular formula is C32H42ClN5O3. The smallest absolute Gasteiger partial charge is 0.316 e. The molecule has 0 unspecified atom stereocenters. The zero-order valence-corrected chi connectivity index (χ0v) is 25.4. The second kappa shape index (κ2) is 11.4. The fourth-order valence-corrected chi connectivity index (χ4v) is 8.13. The summed E-state index contributed by atoms with van der Waals surface area (Å²) < 4.78 is 6.00. The fraction of sp³-hybridized carbons (Fsp3) is 0.625. The molecule has 2 aromatic rings. The number of nitrogens with one attached hydrogen (secondary N) is 1. The van der Waals surface area contributed by atoms with E-state index in [0.29, 0.717) is 22.6 Å². The lowest BCUT2D eigenvalue weighted by Gasteiger charge is -2.60. The van der Waals surface area contributed by atoms with Crippen molar-refractivity contribution < 1.29 is 14.6 Å². The van der Waals surface area contributed by atoms with Crippen molar-refractivity contribution in [3.8, 4) is 17.8 Å². The Morgan fingerprint density at radius 2 is 1.73 bits per heavy atom. The zero-order valence-electron chi connectivity index (χ0n) is 24.6. The molecule has 0 atom stereocenters. The van der Waals surface area contributed by atoms with Crippen LogP contribution in [0.25, 0.3) is 0 Å². The number of carbonyl (C=O) groups is 1. The molecule has 0 bridgehead atoms. The summed E-state index contributed by atoms with van der Waals surface area (Å²) in [4.78, 5) is 24.0. The molecule has 220 valence electrons. The third kappa shape index (κ3) is 6.47. The summed E-state index contributed by atoms with van der Waals surface area (Å²) >= 11 is 5.55. The molecule has 8 nitrogen and oxygen atoms in total. The molecule has 4 fully saturated rings. The van der Waals surface area contributed by atoms with Gasteiger partial charge in [0, 0.05) is 43.0 Å². The van der Waals surface area contributed by atoms with Crippen molar-refractivity contribution in [1.29, 1.82) is 5.26 Å². The minimum absolute atomic E-state index is 0.0731. The number of ether oxygens (including phenoxy) is 1. The van der Waals surface area contributed by atoms with Gasteiger partial charge in [-0.3, -0.25) is 9.69 Å². The van der Waals surface area contributed by atoms with E-state index in [4.69, 9.17) is 26.7 Å². The van der Waals surface area contributed by atoms with Gasteiger partial charge >= 0.3 is 6.01 Å². The van der Waals surface area contributed by atoms with E-state index in [1.807, 2.05) is 6.07 Å². The standard InChI is InChI=1S/C25H38N4O2.C7H4ClNO/c1-23(2)14-24(3,4)21(23)28-20(30)17-12-26-22(27-13-17)31-19-10-25(11-19)15-29(16-25)18-8-6-5-7-9-18;8-7-3-6(10)2-1-5(7)4-9/h12-13,18-19,21H,5-11,14-16H2,1-4H3,(H,28,30);1-3,10H. The lowest BCUT2D eigenvalue weighted by Crippen LogP contribution is -2.66. The van der Waals surface area contributed by atoms with Gasteiger partial charge in [-0.15, -0.1) is 0 Å². The molecule has 1 aromatic heterocycles. The van der Waals surface area contributed by atoms with Crippen LogP contribution in [0.2, 0.25) is 5.02 Å². The number of halogens is 1. The number of aromatic hydroxyl groups is 1. The number of carbonyl (C=O) groups excluding carboxylic acids is 1. The molecule has 3 saturated carbocycles. The summed E-state index contributed by atoms with van der Waals surface area (Å²) in [6.45, 7) is 11.3. The van der Waals surface area contributed by atoms with Crippen LogP contribution in [0, 0.1) is 27.6 Å². The largest absolute Gasteiger partial charge is 0.508 e. The summed E-state index contributed by atoms with van der Waals surface area (Å²) in [6, 6.07) is 7.49. The monoisotopic (exact) mass is 579 g/mol. The van der Waals surface area contributed by atoms with Gasteiger partial charge in [-0.1, -0.05) is 58.6 Å². The fourth-order valence-electron chi connectivity index (χ4n) is 7.92. The van der Waals surface area contributed by atoms with Gasteiger partial charge in [0.15, 0.2) is 0 Å². The normalized spacial score (nSPS) is 24.4. The first-order valence-electron chi connectivity index (χ1n) is 14.8. The van der Waals surface area contributed by atoms with Gasteiger partial charge < -0.3 is 15.2 Å². The first-order chi connectivity index (χ1) is 19.4. The van der Waals surface area contributed by atoms with E-state index in [1.54, 1.807) is 12.4 Å². The van der Waals surface area contributed by atoms with Gasteiger partial charge in [0.2, 0.25) is 0 Å².